The molecule has 1 amide bonds. The zero-order chi connectivity index (χ0) is 19.9. The number of nitrogens with one attached hydrogen (secondary N) is 2. The summed E-state index contributed by atoms with van der Waals surface area (Å²) in [6, 6.07) is 0. The van der Waals surface area contributed by atoms with E-state index in [-0.39, 0.29) is 17.6 Å². The van der Waals surface area contributed by atoms with Crippen LogP contribution in [-0.4, -0.2) is 84.8 Å². The fourth-order valence-electron chi connectivity index (χ4n) is 3.94. The third kappa shape index (κ3) is 5.52. The topological polar surface area (TPSA) is 108 Å². The highest BCUT2D eigenvalue weighted by Crippen LogP contribution is 2.21. The second-order valence-electron chi connectivity index (χ2n) is 7.61. The van der Waals surface area contributed by atoms with Crippen molar-refractivity contribution in [2.24, 2.45) is 5.92 Å². The molecule has 156 valence electrons. The molecule has 0 aliphatic carbocycles. The zero-order valence-corrected chi connectivity index (χ0v) is 16.4. The first kappa shape index (κ1) is 20.8. The molecule has 0 saturated carbocycles. The lowest BCUT2D eigenvalue weighted by Crippen LogP contribution is -2.45. The first-order valence-electron chi connectivity index (χ1n) is 10.0. The van der Waals surface area contributed by atoms with E-state index in [0.717, 1.165) is 51.9 Å². The number of methoxy groups -OCH3 is 1. The Morgan fingerprint density at radius 1 is 1.29 bits per heavy atom. The third-order valence-electron chi connectivity index (χ3n) is 5.58. The Kier molecular flexibility index (Phi) is 7.41. The van der Waals surface area contributed by atoms with E-state index in [1.807, 2.05) is 0 Å². The van der Waals surface area contributed by atoms with Gasteiger partial charge in [-0.3, -0.25) is 14.6 Å². The van der Waals surface area contributed by atoms with Crippen molar-refractivity contribution >= 4 is 5.91 Å². The van der Waals surface area contributed by atoms with E-state index in [4.69, 9.17) is 9.47 Å². The molecule has 3 heterocycles. The molecular weight excluding hydrogens is 364 g/mol. The van der Waals surface area contributed by atoms with Crippen LogP contribution < -0.4 is 11.2 Å². The van der Waals surface area contributed by atoms with Crippen molar-refractivity contribution in [1.82, 2.24) is 19.8 Å². The van der Waals surface area contributed by atoms with Crippen LogP contribution in [0.1, 0.15) is 36.0 Å². The number of H-pyrrole nitrogens is 2. The van der Waals surface area contributed by atoms with Gasteiger partial charge in [0.05, 0.1) is 12.7 Å². The largest absolute Gasteiger partial charge is 0.383 e. The molecule has 2 aliphatic heterocycles. The second-order valence-corrected chi connectivity index (χ2v) is 7.61. The van der Waals surface area contributed by atoms with Crippen LogP contribution in [0.5, 0.6) is 0 Å². The van der Waals surface area contributed by atoms with Gasteiger partial charge < -0.3 is 24.3 Å². The van der Waals surface area contributed by atoms with E-state index in [1.54, 1.807) is 12.0 Å². The fraction of sp³-hybridized carbons (Fsp3) is 0.737. The van der Waals surface area contributed by atoms with Gasteiger partial charge in [-0.25, -0.2) is 4.79 Å². The number of nitrogens with zero attached hydrogens (tertiary/aromatic N) is 2. The SMILES string of the molecule is COCCN1CCC(CN(C[C@H]2CCCO2)C(=O)c2c[nH]c(=O)[nH]c2=O)CC1. The number of likely N-dealkylation sites (tertiary alicyclic amines) is 1. The Labute approximate surface area is 164 Å². The Morgan fingerprint density at radius 3 is 2.71 bits per heavy atom. The van der Waals surface area contributed by atoms with E-state index in [1.165, 1.54) is 6.20 Å². The van der Waals surface area contributed by atoms with Crippen LogP contribution in [0.3, 0.4) is 0 Å². The molecule has 0 bridgehead atoms. The Bertz CT molecular complexity index is 747. The number of amides is 1. The minimum atomic E-state index is -0.652. The van der Waals surface area contributed by atoms with Crippen molar-refractivity contribution < 1.29 is 14.3 Å². The summed E-state index contributed by atoms with van der Waals surface area (Å²) in [4.78, 5) is 45.0. The van der Waals surface area contributed by atoms with Crippen LogP contribution in [-0.2, 0) is 9.47 Å². The number of piperidine rings is 1. The fourth-order valence-corrected chi connectivity index (χ4v) is 3.94. The summed E-state index contributed by atoms with van der Waals surface area (Å²) in [5, 5.41) is 0. The number of hydrogen-bond donors (Lipinski definition) is 2. The van der Waals surface area contributed by atoms with Crippen LogP contribution in [0.2, 0.25) is 0 Å². The third-order valence-corrected chi connectivity index (χ3v) is 5.58. The first-order valence-corrected chi connectivity index (χ1v) is 10.0. The number of aromatic nitrogens is 2. The van der Waals surface area contributed by atoms with Crippen LogP contribution in [0.4, 0.5) is 0 Å². The Balaban J connectivity index is 1.66. The van der Waals surface area contributed by atoms with E-state index < -0.39 is 11.2 Å². The smallest absolute Gasteiger partial charge is 0.325 e. The maximum atomic E-state index is 13.0. The molecule has 9 heteroatoms. The van der Waals surface area contributed by atoms with Gasteiger partial charge in [-0.1, -0.05) is 0 Å². The summed E-state index contributed by atoms with van der Waals surface area (Å²) in [6.07, 6.45) is 5.12. The van der Waals surface area contributed by atoms with Gasteiger partial charge in [-0.2, -0.15) is 0 Å². The van der Waals surface area contributed by atoms with Crippen molar-refractivity contribution in [2.75, 3.05) is 53.0 Å². The maximum Gasteiger partial charge on any atom is 0.325 e. The second kappa shape index (κ2) is 9.99. The Hall–Kier alpha value is -1.97. The molecule has 0 radical (unpaired) electrons. The molecule has 28 heavy (non-hydrogen) atoms. The number of hydrogen-bond acceptors (Lipinski definition) is 6. The van der Waals surface area contributed by atoms with E-state index in [2.05, 4.69) is 14.9 Å². The average molecular weight is 394 g/mol. The molecular formula is C19H30N4O5. The highest BCUT2D eigenvalue weighted by Gasteiger charge is 2.28. The van der Waals surface area contributed by atoms with Gasteiger partial charge in [-0.05, 0) is 44.7 Å². The quantitative estimate of drug-likeness (QED) is 0.645. The minimum Gasteiger partial charge on any atom is -0.383 e. The average Bonchev–Trinajstić information content (AvgIpc) is 3.19. The predicted octanol–water partition coefficient (Wildman–Crippen LogP) is 0.0428. The van der Waals surface area contributed by atoms with Crippen LogP contribution in [0, 0.1) is 5.92 Å². The normalized spacial score (nSPS) is 21.1. The van der Waals surface area contributed by atoms with Crippen molar-refractivity contribution in [3.63, 3.8) is 0 Å². The summed E-state index contributed by atoms with van der Waals surface area (Å²) in [6.45, 7) is 5.39. The van der Waals surface area contributed by atoms with Gasteiger partial charge in [0.2, 0.25) is 0 Å². The van der Waals surface area contributed by atoms with E-state index >= 15 is 0 Å². The van der Waals surface area contributed by atoms with Gasteiger partial charge in [0.25, 0.3) is 11.5 Å². The number of ether oxygens (including phenoxy) is 2. The standard InChI is InChI=1S/C19H30N4O5/c1-27-10-8-22-6-4-14(5-7-22)12-23(13-15-3-2-9-28-15)18(25)16-11-20-19(26)21-17(16)24/h11,14-15H,2-10,12-13H2,1H3,(H2,20,21,24,26)/t15-/m1/s1. The van der Waals surface area contributed by atoms with Crippen LogP contribution in [0.25, 0.3) is 0 Å². The lowest BCUT2D eigenvalue weighted by atomic mass is 9.95. The highest BCUT2D eigenvalue weighted by atomic mass is 16.5. The number of carbonyl (C=O) groups excluding carboxylic acids is 1. The van der Waals surface area contributed by atoms with Crippen LogP contribution in [0.15, 0.2) is 15.8 Å². The molecule has 9 nitrogen and oxygen atoms in total. The monoisotopic (exact) mass is 394 g/mol. The van der Waals surface area contributed by atoms with Crippen molar-refractivity contribution in [3.05, 3.63) is 32.6 Å². The Morgan fingerprint density at radius 2 is 2.07 bits per heavy atom. The molecule has 1 aromatic heterocycles. The van der Waals surface area contributed by atoms with Crippen molar-refractivity contribution in [1.29, 1.82) is 0 Å². The molecule has 1 aromatic rings. The molecule has 0 aromatic carbocycles. The van der Waals surface area contributed by atoms with E-state index in [0.29, 0.717) is 25.6 Å². The number of carbonyl (C=O) groups is 1. The summed E-state index contributed by atoms with van der Waals surface area (Å²) in [5.74, 6) is 0.0285. The molecule has 2 aliphatic rings. The molecule has 2 fully saturated rings. The van der Waals surface area contributed by atoms with Crippen molar-refractivity contribution in [3.8, 4) is 0 Å². The molecule has 3 rings (SSSR count). The van der Waals surface area contributed by atoms with Gasteiger partial charge in [0.1, 0.15) is 5.56 Å². The summed E-state index contributed by atoms with van der Waals surface area (Å²) in [5.41, 5.74) is -1.30. The number of aromatic amines is 2. The maximum absolute atomic E-state index is 13.0. The lowest BCUT2D eigenvalue weighted by molar-refractivity contribution is 0.0435. The van der Waals surface area contributed by atoms with Gasteiger partial charge in [0, 0.05) is 39.5 Å². The van der Waals surface area contributed by atoms with Gasteiger partial charge in [0.15, 0.2) is 0 Å². The minimum absolute atomic E-state index is 0.00702. The summed E-state index contributed by atoms with van der Waals surface area (Å²) < 4.78 is 10.9. The molecule has 2 saturated heterocycles. The van der Waals surface area contributed by atoms with E-state index in [9.17, 15) is 14.4 Å². The van der Waals surface area contributed by atoms with Gasteiger partial charge in [-0.15, -0.1) is 0 Å². The zero-order valence-electron chi connectivity index (χ0n) is 16.4. The van der Waals surface area contributed by atoms with Crippen molar-refractivity contribution in [2.45, 2.75) is 31.8 Å². The summed E-state index contributed by atoms with van der Waals surface area (Å²) >= 11 is 0. The first-order chi connectivity index (χ1) is 13.6. The highest BCUT2D eigenvalue weighted by molar-refractivity contribution is 5.93. The van der Waals surface area contributed by atoms with Crippen LogP contribution >= 0.6 is 0 Å². The number of rotatable bonds is 8. The molecule has 2 N–H and O–H groups in total. The van der Waals surface area contributed by atoms with Gasteiger partial charge >= 0.3 is 5.69 Å². The molecule has 1 atom stereocenters. The predicted molar refractivity (Wildman–Crippen MR) is 104 cm³/mol. The summed E-state index contributed by atoms with van der Waals surface area (Å²) in [7, 11) is 1.71. The lowest BCUT2D eigenvalue weighted by Gasteiger charge is -2.35. The molecule has 0 spiro atoms. The molecule has 0 unspecified atom stereocenters.